The van der Waals surface area contributed by atoms with E-state index in [1.54, 1.807) is 14.1 Å². The summed E-state index contributed by atoms with van der Waals surface area (Å²) in [7, 11) is -0.650. The lowest BCUT2D eigenvalue weighted by Gasteiger charge is -2.47. The van der Waals surface area contributed by atoms with Gasteiger partial charge in [-0.05, 0) is 6.92 Å². The monoisotopic (exact) mass is 320 g/mol. The van der Waals surface area contributed by atoms with Crippen molar-refractivity contribution in [1.29, 1.82) is 0 Å². The van der Waals surface area contributed by atoms with Crippen LogP contribution in [-0.2, 0) is 19.4 Å². The summed E-state index contributed by atoms with van der Waals surface area (Å²) in [6.45, 7) is 1.36. The number of allylic oxidation sites excluding steroid dienone is 1. The van der Waals surface area contributed by atoms with E-state index >= 15 is 0 Å². The first-order valence-corrected chi connectivity index (χ1v) is 7.62. The first-order chi connectivity index (χ1) is 9.10. The second-order valence-corrected chi connectivity index (χ2v) is 7.26. The van der Waals surface area contributed by atoms with Crippen molar-refractivity contribution in [3.05, 3.63) is 22.4 Å². The van der Waals surface area contributed by atoms with Crippen molar-refractivity contribution in [1.82, 2.24) is 9.80 Å². The van der Waals surface area contributed by atoms with Crippen molar-refractivity contribution in [2.24, 2.45) is 0 Å². The van der Waals surface area contributed by atoms with E-state index in [-0.39, 0.29) is 16.2 Å². The number of hydrogen-bond donors (Lipinski definition) is 1. The highest BCUT2D eigenvalue weighted by Crippen LogP contribution is 2.43. The Balaban J connectivity index is 2.75. The van der Waals surface area contributed by atoms with Crippen LogP contribution in [0.2, 0.25) is 0 Å². The number of alkyl halides is 1. The van der Waals surface area contributed by atoms with Crippen LogP contribution in [0.25, 0.3) is 0 Å². The summed E-state index contributed by atoms with van der Waals surface area (Å²) in [5.74, 6) is -2.06. The number of sulfone groups is 1. The van der Waals surface area contributed by atoms with Crippen molar-refractivity contribution < 1.29 is 23.1 Å². The largest absolute Gasteiger partial charge is 0.477 e. The van der Waals surface area contributed by atoms with Gasteiger partial charge in [0.1, 0.15) is 11.1 Å². The number of amides is 1. The van der Waals surface area contributed by atoms with E-state index in [0.29, 0.717) is 0 Å². The highest BCUT2D eigenvalue weighted by molar-refractivity contribution is 7.96. The minimum Gasteiger partial charge on any atom is -0.477 e. The molecule has 0 saturated carbocycles. The molecule has 20 heavy (non-hydrogen) atoms. The van der Waals surface area contributed by atoms with Crippen LogP contribution in [-0.4, -0.2) is 60.0 Å². The molecule has 7 nitrogen and oxygen atoms in total. The molecule has 0 aromatic heterocycles. The van der Waals surface area contributed by atoms with Gasteiger partial charge in [0.05, 0.1) is 4.91 Å². The molecule has 9 heteroatoms. The highest BCUT2D eigenvalue weighted by Gasteiger charge is 2.60. The fraction of sp³-hybridized carbons (Fsp3) is 0.455. The van der Waals surface area contributed by atoms with Crippen LogP contribution < -0.4 is 0 Å². The Bertz CT molecular complexity index is 664. The van der Waals surface area contributed by atoms with E-state index in [9.17, 15) is 23.1 Å². The predicted octanol–water partition coefficient (Wildman–Crippen LogP) is -0.0479. The Kier molecular flexibility index (Phi) is 3.34. The summed E-state index contributed by atoms with van der Waals surface area (Å²) in [5, 5.41) is 6.62. The zero-order chi connectivity index (χ0) is 15.4. The molecular weight excluding hydrogens is 308 g/mol. The van der Waals surface area contributed by atoms with E-state index < -0.39 is 32.5 Å². The molecule has 2 heterocycles. The van der Waals surface area contributed by atoms with Gasteiger partial charge in [-0.1, -0.05) is 0 Å². The molecule has 0 aromatic carbocycles. The fourth-order valence-corrected chi connectivity index (χ4v) is 4.95. The van der Waals surface area contributed by atoms with Crippen molar-refractivity contribution in [3.8, 4) is 0 Å². The Morgan fingerprint density at radius 1 is 1.45 bits per heavy atom. The van der Waals surface area contributed by atoms with Gasteiger partial charge in [-0.25, -0.2) is 13.2 Å². The number of rotatable bonds is 2. The van der Waals surface area contributed by atoms with Crippen molar-refractivity contribution in [3.63, 3.8) is 0 Å². The molecule has 0 aliphatic carbocycles. The fourth-order valence-electron chi connectivity index (χ4n) is 2.27. The lowest BCUT2D eigenvalue weighted by molar-refractivity contribution is -0.145. The van der Waals surface area contributed by atoms with Crippen LogP contribution in [0.15, 0.2) is 22.4 Å². The van der Waals surface area contributed by atoms with Crippen molar-refractivity contribution in [2.75, 3.05) is 14.1 Å². The molecule has 0 aromatic rings. The summed E-state index contributed by atoms with van der Waals surface area (Å²) in [6.07, 6.45) is 1.32. The lowest BCUT2D eigenvalue weighted by atomic mass is 10.1. The summed E-state index contributed by atoms with van der Waals surface area (Å²) in [4.78, 5) is 25.1. The zero-order valence-corrected chi connectivity index (χ0v) is 12.6. The molecule has 0 bridgehead atoms. The second-order valence-electron chi connectivity index (χ2n) is 4.78. The van der Waals surface area contributed by atoms with Gasteiger partial charge in [0, 0.05) is 25.9 Å². The van der Waals surface area contributed by atoms with Crippen LogP contribution in [0.1, 0.15) is 6.92 Å². The number of aliphatic carboxylic acids is 1. The lowest BCUT2D eigenvalue weighted by Crippen LogP contribution is -2.67. The number of carboxylic acids is 1. The van der Waals surface area contributed by atoms with E-state index in [0.717, 1.165) is 4.90 Å². The topological polar surface area (TPSA) is 95.0 Å². The minimum atomic E-state index is -3.89. The molecule has 1 fully saturated rings. The summed E-state index contributed by atoms with van der Waals surface area (Å²) < 4.78 is 24.9. The number of carbonyl (C=O) groups is 2. The first-order valence-electron chi connectivity index (χ1n) is 5.64. The first kappa shape index (κ1) is 14.9. The Morgan fingerprint density at radius 2 is 2.00 bits per heavy atom. The van der Waals surface area contributed by atoms with Crippen molar-refractivity contribution >= 4 is 33.3 Å². The van der Waals surface area contributed by atoms with Gasteiger partial charge >= 0.3 is 5.97 Å². The van der Waals surface area contributed by atoms with Gasteiger partial charge in [0.15, 0.2) is 5.37 Å². The van der Waals surface area contributed by atoms with Gasteiger partial charge in [-0.15, -0.1) is 11.6 Å². The Hall–Kier alpha value is -1.54. The normalized spacial score (nSPS) is 30.1. The number of carboxylic acid groups (broad SMARTS) is 1. The summed E-state index contributed by atoms with van der Waals surface area (Å²) in [6, 6.07) is 0. The van der Waals surface area contributed by atoms with Gasteiger partial charge in [-0.2, -0.15) is 0 Å². The smallest absolute Gasteiger partial charge is 0.352 e. The number of nitrogens with zero attached hydrogens (tertiary/aromatic N) is 2. The van der Waals surface area contributed by atoms with Crippen LogP contribution in [0, 0.1) is 0 Å². The highest BCUT2D eigenvalue weighted by atomic mass is 35.5. The second kappa shape index (κ2) is 4.49. The number of carbonyl (C=O) groups excluding carboxylic acids is 1. The number of halogens is 1. The molecule has 1 amide bonds. The van der Waals surface area contributed by atoms with Gasteiger partial charge < -0.3 is 10.0 Å². The Labute approximate surface area is 121 Å². The third-order valence-electron chi connectivity index (χ3n) is 3.15. The SMILES string of the molecule is CC1=C(C(=O)O)N2C(=O)[C@H](Cl)[C@H]2S(=O)(=O)C1=CN(C)C. The molecular formula is C11H13ClN2O5S. The summed E-state index contributed by atoms with van der Waals surface area (Å²) >= 11 is 5.75. The van der Waals surface area contributed by atoms with Gasteiger partial charge in [-0.3, -0.25) is 9.69 Å². The van der Waals surface area contributed by atoms with Crippen LogP contribution in [0.4, 0.5) is 0 Å². The minimum absolute atomic E-state index is 0.0272. The van der Waals surface area contributed by atoms with Crippen molar-refractivity contribution in [2.45, 2.75) is 17.7 Å². The predicted molar refractivity (Wildman–Crippen MR) is 71.3 cm³/mol. The van der Waals surface area contributed by atoms with Gasteiger partial charge in [0.2, 0.25) is 15.7 Å². The quantitative estimate of drug-likeness (QED) is 0.566. The average molecular weight is 321 g/mol. The summed E-state index contributed by atoms with van der Waals surface area (Å²) in [5.41, 5.74) is -0.306. The maximum Gasteiger partial charge on any atom is 0.352 e. The van der Waals surface area contributed by atoms with E-state index in [2.05, 4.69) is 0 Å². The molecule has 0 unspecified atom stereocenters. The third-order valence-corrected chi connectivity index (χ3v) is 5.86. The molecule has 0 radical (unpaired) electrons. The standard InChI is InChI=1S/C11H13ClN2O5S/c1-5-6(4-13(2)3)20(18,19)10-7(12)9(15)14(10)8(5)11(16)17/h4,7,10H,1-3H3,(H,16,17)/t7-,10+/m0/s1. The molecule has 0 spiro atoms. The molecule has 1 N–H and O–H groups in total. The number of fused-ring (bicyclic) bond motifs is 1. The number of hydrogen-bond acceptors (Lipinski definition) is 5. The maximum atomic E-state index is 12.4. The Morgan fingerprint density at radius 3 is 2.45 bits per heavy atom. The van der Waals surface area contributed by atoms with E-state index in [1.165, 1.54) is 18.0 Å². The number of β-lactam (4-membered cyclic amide) rings is 1. The maximum absolute atomic E-state index is 12.4. The molecule has 2 aliphatic heterocycles. The molecule has 1 saturated heterocycles. The average Bonchev–Trinajstić information content (AvgIpc) is 2.32. The van der Waals surface area contributed by atoms with Crippen LogP contribution in [0.3, 0.4) is 0 Å². The van der Waals surface area contributed by atoms with Gasteiger partial charge in [0.25, 0.3) is 0 Å². The van der Waals surface area contributed by atoms with E-state index in [1.807, 2.05) is 0 Å². The molecule has 110 valence electrons. The van der Waals surface area contributed by atoms with Crippen LogP contribution in [0.5, 0.6) is 0 Å². The third kappa shape index (κ3) is 1.82. The van der Waals surface area contributed by atoms with Crippen LogP contribution >= 0.6 is 11.6 Å². The van der Waals surface area contributed by atoms with E-state index in [4.69, 9.17) is 11.6 Å². The molecule has 2 atom stereocenters. The molecule has 2 rings (SSSR count). The zero-order valence-electron chi connectivity index (χ0n) is 11.0. The molecule has 2 aliphatic rings.